The number of ether oxygens (including phenoxy) is 3. The van der Waals surface area contributed by atoms with Gasteiger partial charge in [-0.15, -0.1) is 0 Å². The van der Waals surface area contributed by atoms with Gasteiger partial charge in [-0.05, 0) is 235 Å². The summed E-state index contributed by atoms with van der Waals surface area (Å²) in [5.41, 5.74) is -1.72. The lowest BCUT2D eigenvalue weighted by molar-refractivity contribution is -0.199. The van der Waals surface area contributed by atoms with Crippen LogP contribution in [-0.4, -0.2) is 175 Å². The van der Waals surface area contributed by atoms with E-state index in [1.807, 2.05) is 39.8 Å². The molecule has 19 nitrogen and oxygen atoms in total. The molecule has 3 aliphatic rings. The van der Waals surface area contributed by atoms with Gasteiger partial charge in [0.05, 0.1) is 60.1 Å². The van der Waals surface area contributed by atoms with Gasteiger partial charge in [0.15, 0.2) is 11.4 Å². The maximum atomic E-state index is 13.9. The van der Waals surface area contributed by atoms with Crippen molar-refractivity contribution >= 4 is 127 Å². The quantitative estimate of drug-likeness (QED) is 0.0187. The Balaban J connectivity index is 0.000000233. The fourth-order valence-corrected chi connectivity index (χ4v) is 14.1. The Morgan fingerprint density at radius 3 is 1.12 bits per heavy atom. The number of hydrogen-bond acceptors (Lipinski definition) is 17. The van der Waals surface area contributed by atoms with Crippen molar-refractivity contribution in [2.24, 2.45) is 9.98 Å². The molecule has 2 amide bonds. The Bertz CT molecular complexity index is 5460. The summed E-state index contributed by atoms with van der Waals surface area (Å²) in [5.74, 6) is -7.01. The summed E-state index contributed by atoms with van der Waals surface area (Å²) in [6.07, 6.45) is -24.9. The molecule has 0 aliphatic carbocycles. The van der Waals surface area contributed by atoms with Crippen molar-refractivity contribution < 1.29 is 135 Å². The van der Waals surface area contributed by atoms with E-state index >= 15 is 0 Å². The molecule has 138 heavy (non-hydrogen) atoms. The van der Waals surface area contributed by atoms with Crippen LogP contribution in [0.4, 0.5) is 92.2 Å². The largest absolute Gasteiger partial charge is 0.494 e. The number of carbonyl (C=O) groups is 4. The third-order valence-electron chi connectivity index (χ3n) is 20.1. The second kappa shape index (κ2) is 50.5. The lowest BCUT2D eigenvalue weighted by atomic mass is 9.78. The molecule has 3 aliphatic heterocycles. The summed E-state index contributed by atoms with van der Waals surface area (Å²) < 4.78 is 299. The highest BCUT2D eigenvalue weighted by Crippen LogP contribution is 2.45. The van der Waals surface area contributed by atoms with Crippen LogP contribution < -0.4 is 10.8 Å². The number of ketones is 1. The summed E-state index contributed by atoms with van der Waals surface area (Å²) in [5, 5.41) is 2.52. The fourth-order valence-electron chi connectivity index (χ4n) is 12.9. The highest BCUT2D eigenvalue weighted by molar-refractivity contribution is 9.11. The highest BCUT2D eigenvalue weighted by Gasteiger charge is 2.56. The molecule has 0 radical (unpaired) electrons. The van der Waals surface area contributed by atoms with Crippen LogP contribution in [0.3, 0.4) is 0 Å². The van der Waals surface area contributed by atoms with Crippen LogP contribution in [0.25, 0.3) is 11.1 Å². The van der Waals surface area contributed by atoms with Crippen LogP contribution in [-0.2, 0) is 57.5 Å². The van der Waals surface area contributed by atoms with E-state index in [0.717, 1.165) is 36.6 Å². The molecule has 1 N–H and O–H groups in total. The maximum absolute atomic E-state index is 13.9. The zero-order valence-corrected chi connectivity index (χ0v) is 81.8. The number of nitrogens with one attached hydrogen (secondary N) is 1. The number of esters is 1. The van der Waals surface area contributed by atoms with Gasteiger partial charge in [0.25, 0.3) is 17.6 Å². The number of aliphatic imine (C=N–C) groups is 2. The Labute approximate surface area is 820 Å². The average Bonchev–Trinajstić information content (AvgIpc) is 1.61. The predicted molar refractivity (Wildman–Crippen MR) is 489 cm³/mol. The zero-order chi connectivity index (χ0) is 103. The van der Waals surface area contributed by atoms with Crippen molar-refractivity contribution in [1.82, 2.24) is 40.0 Å². The lowest BCUT2D eigenvalue weighted by Crippen LogP contribution is -2.51. The van der Waals surface area contributed by atoms with Gasteiger partial charge in [-0.1, -0.05) is 146 Å². The molecule has 3 saturated heterocycles. The summed E-state index contributed by atoms with van der Waals surface area (Å²) in [7, 11) is -0.552. The smallest absolute Gasteiger partial charge is 0.459 e. The van der Waals surface area contributed by atoms with Gasteiger partial charge in [-0.3, -0.25) is 49.6 Å². The monoisotopic (exact) mass is 2280 g/mol. The number of halogens is 26. The third kappa shape index (κ3) is 33.9. The predicted octanol–water partition coefficient (Wildman–Crippen LogP) is 24.7. The molecule has 46 heteroatoms. The van der Waals surface area contributed by atoms with Crippen LogP contribution in [0.5, 0.6) is 0 Å². The van der Waals surface area contributed by atoms with Crippen molar-refractivity contribution in [3.05, 3.63) is 304 Å². The Hall–Kier alpha value is -9.94. The first-order chi connectivity index (χ1) is 64.3. The van der Waals surface area contributed by atoms with E-state index in [2.05, 4.69) is 125 Å². The molecule has 13 rings (SSSR count). The fraction of sp³-hybridized carbons (Fsp3) is 0.337. The molecular weight excluding hydrogens is 2200 g/mol. The second-order valence-electron chi connectivity index (χ2n) is 31.3. The van der Waals surface area contributed by atoms with Crippen LogP contribution in [0.1, 0.15) is 136 Å². The minimum absolute atomic E-state index is 0.0101. The first-order valence-corrected chi connectivity index (χ1v) is 44.7. The van der Waals surface area contributed by atoms with Gasteiger partial charge in [0.1, 0.15) is 53.3 Å². The molecular formula is C92H85BBr5F21N10O9. The molecule has 742 valence electrons. The average molecular weight is 2280 g/mol. The number of nitrogens with zero attached hydrogens (tertiary/aromatic N) is 9. The van der Waals surface area contributed by atoms with E-state index in [0.29, 0.717) is 52.4 Å². The molecule has 0 spiro atoms. The van der Waals surface area contributed by atoms with Crippen molar-refractivity contribution in [3.8, 4) is 11.1 Å². The number of rotatable bonds is 20. The summed E-state index contributed by atoms with van der Waals surface area (Å²) in [4.78, 5) is 72.0. The SMILES string of the molecule is Brc1ccc(Br)nc1.CC1(C)O[C@H](c2ccc(-c3ccc(C(NCc4ccccc4)C(F)(F)F)nc3)cc2)[C@@H](CF)N1C(=O)C(F)F.CC1(C)O[C@H](c2ccc(B3OC(C)(C)C(C)(C)O3)cc2)[C@@H](CF)N1C(=O)C(F)F.CCOC(=O)C(F)(F)F.FC(F)(F)C(=NCc1ccccc1)c1ccc(Br)cn1.FC(F)(F)C(=NCc1ccccc1)c1ccc(Br)cn1.O=C(c1ccc(Br)cn1)C(F)(F)F. The van der Waals surface area contributed by atoms with E-state index in [9.17, 15) is 111 Å². The number of aromatic nitrogens is 5. The molecule has 5 aromatic carbocycles. The maximum Gasteiger partial charge on any atom is 0.494 e. The minimum Gasteiger partial charge on any atom is -0.459 e. The molecule has 0 saturated carbocycles. The van der Waals surface area contributed by atoms with E-state index in [1.165, 1.54) is 95.7 Å². The first kappa shape index (κ1) is 115. The number of benzene rings is 5. The second-order valence-corrected chi connectivity index (χ2v) is 35.8. The molecule has 8 heterocycles. The number of pyridine rings is 5. The van der Waals surface area contributed by atoms with Gasteiger partial charge >= 0.3 is 56.8 Å². The van der Waals surface area contributed by atoms with Crippen LogP contribution >= 0.6 is 79.6 Å². The van der Waals surface area contributed by atoms with E-state index in [1.54, 1.807) is 146 Å². The van der Waals surface area contributed by atoms with Gasteiger partial charge in [-0.25, -0.2) is 18.6 Å². The zero-order valence-electron chi connectivity index (χ0n) is 73.8. The number of amides is 2. The molecule has 1 unspecified atom stereocenters. The number of Topliss-reactive ketones (excluding diaryl/α,β-unsaturated/α-hetero) is 1. The number of alkyl halides is 21. The van der Waals surface area contributed by atoms with Crippen LogP contribution in [0, 0.1) is 0 Å². The van der Waals surface area contributed by atoms with Gasteiger partial charge in [-0.2, -0.15) is 83.4 Å². The Kier molecular flexibility index (Phi) is 42.1. The molecule has 5 aromatic heterocycles. The first-order valence-electron chi connectivity index (χ1n) is 40.7. The van der Waals surface area contributed by atoms with Gasteiger partial charge in [0, 0.05) is 61.0 Å². The Morgan fingerprint density at radius 1 is 0.442 bits per heavy atom. The standard InChI is InChI=1S/C28H27F6N3O2.C20H27BF3NO4.2C14H10BrF3N2.C7H3BrF3NO.C5H3Br2N.C4H5F3O2/c1-27(2)37(26(38)25(30)31)22(14-29)23(39-27)19-10-8-18(9-11-19)20-12-13-21(35-16-20)24(28(32,33)34)36-15-17-6-4-3-5-7-17;1-18(2)19(3,4)29-21(28-18)13-9-7-12(8-10-13)15-14(11-22)25(17(26)16(23)24)20(5,6)27-15;2*15-11-6-7-12(19-9-11)13(14(16,17)18)20-8-10-4-2-1-3-5-10;8-4-1-2-5(12-3-4)6(13)7(9,10)11;6-4-1-2-5(7)8-3-4;1-2-9-3(8)4(5,6)7/h3-13,16,22-25,36H,14-15H2,1-2H3;7-10,14-16H,11H2,1-6H3;2*1-7,9H,8H2;1-3H;1-3H;2H2,1H3/t22-,23-,24?;14-,15-;;;;;/m11...../s1. The van der Waals surface area contributed by atoms with E-state index in [4.69, 9.17) is 18.8 Å². The molecule has 3 fully saturated rings. The van der Waals surface area contributed by atoms with E-state index in [-0.39, 0.29) is 43.3 Å². The van der Waals surface area contributed by atoms with Crippen LogP contribution in [0.15, 0.2) is 264 Å². The topological polar surface area (TPSA) is 222 Å². The summed E-state index contributed by atoms with van der Waals surface area (Å²) in [6.45, 7) is 12.5. The number of hydrogen-bond donors (Lipinski definition) is 1. The normalized spacial score (nSPS) is 17.4. The molecule has 0 bridgehead atoms. The van der Waals surface area contributed by atoms with E-state index < -0.39 is 158 Å². The van der Waals surface area contributed by atoms with Crippen molar-refractivity contribution in [2.45, 2.75) is 179 Å². The molecule has 5 atom stereocenters. The lowest BCUT2D eigenvalue weighted by Gasteiger charge is -2.32. The summed E-state index contributed by atoms with van der Waals surface area (Å²) >= 11 is 15.7. The molecule has 10 aromatic rings. The van der Waals surface area contributed by atoms with Crippen molar-refractivity contribution in [1.29, 1.82) is 0 Å². The Morgan fingerprint density at radius 2 is 0.812 bits per heavy atom. The summed E-state index contributed by atoms with van der Waals surface area (Å²) in [6, 6.07) is 50.0. The third-order valence-corrected chi connectivity index (χ3v) is 22.4. The highest BCUT2D eigenvalue weighted by atomic mass is 79.9. The van der Waals surface area contributed by atoms with Crippen molar-refractivity contribution in [2.75, 3.05) is 20.0 Å². The van der Waals surface area contributed by atoms with Crippen LogP contribution in [0.2, 0.25) is 0 Å². The van der Waals surface area contributed by atoms with Gasteiger partial charge < -0.3 is 33.3 Å². The van der Waals surface area contributed by atoms with Crippen molar-refractivity contribution in [3.63, 3.8) is 0 Å². The minimum atomic E-state index is -4.86. The van der Waals surface area contributed by atoms with Gasteiger partial charge in [0.2, 0.25) is 0 Å². The number of carbonyl (C=O) groups excluding carboxylic acids is 4.